The standard InChI is InChI=1S/C19H25ClN4O/c20-14-3-4-15-16(12-14)23-17(22-15)2-1-11-24-13-19(6-5-18(24)25)7-9-21-10-8-19/h3-4,12,21H,1-2,5-11,13H2,(H,22,23). The predicted molar refractivity (Wildman–Crippen MR) is 99.8 cm³/mol. The van der Waals surface area contributed by atoms with Gasteiger partial charge in [0.05, 0.1) is 11.0 Å². The van der Waals surface area contributed by atoms with Crippen LogP contribution in [0.15, 0.2) is 18.2 Å². The molecule has 0 atom stereocenters. The average Bonchev–Trinajstić information content (AvgIpc) is 3.01. The fourth-order valence-electron chi connectivity index (χ4n) is 4.26. The van der Waals surface area contributed by atoms with Gasteiger partial charge in [0.15, 0.2) is 0 Å². The molecule has 3 heterocycles. The van der Waals surface area contributed by atoms with E-state index >= 15 is 0 Å². The van der Waals surface area contributed by atoms with Gasteiger partial charge < -0.3 is 15.2 Å². The molecule has 2 aliphatic rings. The third-order valence-electron chi connectivity index (χ3n) is 5.75. The van der Waals surface area contributed by atoms with Gasteiger partial charge in [0, 0.05) is 31.0 Å². The summed E-state index contributed by atoms with van der Waals surface area (Å²) in [5.74, 6) is 1.29. The summed E-state index contributed by atoms with van der Waals surface area (Å²) in [6.07, 6.45) is 5.96. The number of rotatable bonds is 4. The van der Waals surface area contributed by atoms with Crippen LogP contribution in [0.4, 0.5) is 0 Å². The number of aromatic amines is 1. The third-order valence-corrected chi connectivity index (χ3v) is 5.98. The number of aryl methyl sites for hydroxylation is 1. The lowest BCUT2D eigenvalue weighted by Crippen LogP contribution is -2.50. The SMILES string of the molecule is O=C1CCC2(CCNCC2)CN1CCCc1nc2ccc(Cl)cc2[nH]1. The molecule has 5 nitrogen and oxygen atoms in total. The summed E-state index contributed by atoms with van der Waals surface area (Å²) in [5.41, 5.74) is 2.28. The van der Waals surface area contributed by atoms with Crippen molar-refractivity contribution in [3.63, 3.8) is 0 Å². The van der Waals surface area contributed by atoms with Crippen LogP contribution in [0.2, 0.25) is 5.02 Å². The molecule has 2 aliphatic heterocycles. The molecule has 0 radical (unpaired) electrons. The Bertz CT molecular complexity index is 766. The van der Waals surface area contributed by atoms with Crippen LogP contribution in [-0.4, -0.2) is 47.0 Å². The van der Waals surface area contributed by atoms with Gasteiger partial charge in [0.25, 0.3) is 0 Å². The number of amides is 1. The van der Waals surface area contributed by atoms with Crippen molar-refractivity contribution in [3.05, 3.63) is 29.0 Å². The number of nitrogens with zero attached hydrogens (tertiary/aromatic N) is 2. The molecule has 1 aromatic carbocycles. The van der Waals surface area contributed by atoms with E-state index in [9.17, 15) is 4.79 Å². The molecule has 0 bridgehead atoms. The van der Waals surface area contributed by atoms with Crippen LogP contribution >= 0.6 is 11.6 Å². The molecule has 2 fully saturated rings. The highest BCUT2D eigenvalue weighted by molar-refractivity contribution is 6.31. The number of hydrogen-bond donors (Lipinski definition) is 2. The van der Waals surface area contributed by atoms with Crippen molar-refractivity contribution in [3.8, 4) is 0 Å². The monoisotopic (exact) mass is 360 g/mol. The Balaban J connectivity index is 1.35. The van der Waals surface area contributed by atoms with Crippen LogP contribution in [0.3, 0.4) is 0 Å². The molecule has 6 heteroatoms. The largest absolute Gasteiger partial charge is 0.342 e. The minimum absolute atomic E-state index is 0.320. The van der Waals surface area contributed by atoms with Gasteiger partial charge in [0.2, 0.25) is 5.91 Å². The quantitative estimate of drug-likeness (QED) is 0.880. The zero-order valence-electron chi connectivity index (χ0n) is 14.5. The summed E-state index contributed by atoms with van der Waals surface area (Å²) in [4.78, 5) is 22.4. The Morgan fingerprint density at radius 3 is 2.92 bits per heavy atom. The minimum Gasteiger partial charge on any atom is -0.342 e. The van der Waals surface area contributed by atoms with Gasteiger partial charge >= 0.3 is 0 Å². The van der Waals surface area contributed by atoms with Gasteiger partial charge in [-0.15, -0.1) is 0 Å². The van der Waals surface area contributed by atoms with E-state index in [2.05, 4.69) is 20.2 Å². The Hall–Kier alpha value is -1.59. The Morgan fingerprint density at radius 1 is 1.24 bits per heavy atom. The van der Waals surface area contributed by atoms with E-state index in [1.54, 1.807) is 0 Å². The number of likely N-dealkylation sites (tertiary alicyclic amines) is 1. The summed E-state index contributed by atoms with van der Waals surface area (Å²) >= 11 is 6.02. The lowest BCUT2D eigenvalue weighted by molar-refractivity contribution is -0.138. The van der Waals surface area contributed by atoms with E-state index in [-0.39, 0.29) is 0 Å². The zero-order chi connectivity index (χ0) is 17.3. The van der Waals surface area contributed by atoms with Crippen LogP contribution in [0.5, 0.6) is 0 Å². The summed E-state index contributed by atoms with van der Waals surface area (Å²) in [7, 11) is 0. The van der Waals surface area contributed by atoms with Crippen molar-refractivity contribution in [2.75, 3.05) is 26.2 Å². The molecule has 0 aliphatic carbocycles. The molecule has 1 aromatic heterocycles. The highest BCUT2D eigenvalue weighted by Gasteiger charge is 2.39. The van der Waals surface area contributed by atoms with Crippen molar-refractivity contribution >= 4 is 28.5 Å². The number of aromatic nitrogens is 2. The van der Waals surface area contributed by atoms with Crippen molar-refractivity contribution in [2.24, 2.45) is 5.41 Å². The van der Waals surface area contributed by atoms with Gasteiger partial charge in [-0.25, -0.2) is 4.98 Å². The Kier molecular flexibility index (Phi) is 4.69. The molecule has 2 saturated heterocycles. The van der Waals surface area contributed by atoms with Crippen LogP contribution in [0, 0.1) is 5.41 Å². The number of hydrogen-bond acceptors (Lipinski definition) is 3. The number of nitrogens with one attached hydrogen (secondary N) is 2. The van der Waals surface area contributed by atoms with Crippen molar-refractivity contribution in [2.45, 2.75) is 38.5 Å². The van der Waals surface area contributed by atoms with Crippen molar-refractivity contribution in [1.82, 2.24) is 20.2 Å². The number of carbonyl (C=O) groups is 1. The van der Waals surface area contributed by atoms with E-state index in [0.29, 0.717) is 22.8 Å². The molecule has 2 aromatic rings. The van der Waals surface area contributed by atoms with Gasteiger partial charge in [-0.3, -0.25) is 4.79 Å². The van der Waals surface area contributed by atoms with Crippen LogP contribution in [0.25, 0.3) is 11.0 Å². The van der Waals surface area contributed by atoms with E-state index < -0.39 is 0 Å². The average molecular weight is 361 g/mol. The minimum atomic E-state index is 0.320. The molecule has 0 unspecified atom stereocenters. The van der Waals surface area contributed by atoms with E-state index in [1.807, 2.05) is 18.2 Å². The molecule has 2 N–H and O–H groups in total. The first-order valence-electron chi connectivity index (χ1n) is 9.26. The smallest absolute Gasteiger partial charge is 0.222 e. The van der Waals surface area contributed by atoms with E-state index in [0.717, 1.165) is 62.3 Å². The maximum absolute atomic E-state index is 12.3. The molecular formula is C19H25ClN4O. The summed E-state index contributed by atoms with van der Waals surface area (Å²) in [6.45, 7) is 3.93. The fraction of sp³-hybridized carbons (Fsp3) is 0.579. The first-order valence-corrected chi connectivity index (χ1v) is 9.64. The van der Waals surface area contributed by atoms with Gasteiger partial charge in [-0.05, 0) is 62.4 Å². The third kappa shape index (κ3) is 3.67. The van der Waals surface area contributed by atoms with Gasteiger partial charge in [0.1, 0.15) is 5.82 Å². The second-order valence-electron chi connectivity index (χ2n) is 7.51. The highest BCUT2D eigenvalue weighted by atomic mass is 35.5. The van der Waals surface area contributed by atoms with Crippen molar-refractivity contribution < 1.29 is 4.79 Å². The molecular weight excluding hydrogens is 336 g/mol. The number of benzene rings is 1. The first-order chi connectivity index (χ1) is 12.1. The van der Waals surface area contributed by atoms with E-state index in [4.69, 9.17) is 11.6 Å². The lowest BCUT2D eigenvalue weighted by Gasteiger charge is -2.45. The van der Waals surface area contributed by atoms with Gasteiger partial charge in [-0.1, -0.05) is 11.6 Å². The zero-order valence-corrected chi connectivity index (χ0v) is 15.2. The second-order valence-corrected chi connectivity index (χ2v) is 7.95. The van der Waals surface area contributed by atoms with Gasteiger partial charge in [-0.2, -0.15) is 0 Å². The summed E-state index contributed by atoms with van der Waals surface area (Å²) in [6, 6.07) is 5.70. The number of carbonyl (C=O) groups excluding carboxylic acids is 1. The first kappa shape index (κ1) is 16.9. The van der Waals surface area contributed by atoms with E-state index in [1.165, 1.54) is 12.8 Å². The molecule has 1 spiro atoms. The maximum atomic E-state index is 12.3. The highest BCUT2D eigenvalue weighted by Crippen LogP contribution is 2.38. The maximum Gasteiger partial charge on any atom is 0.222 e. The number of halogens is 1. The molecule has 134 valence electrons. The Morgan fingerprint density at radius 2 is 2.08 bits per heavy atom. The van der Waals surface area contributed by atoms with Crippen LogP contribution in [0.1, 0.15) is 37.9 Å². The van der Waals surface area contributed by atoms with Crippen LogP contribution < -0.4 is 5.32 Å². The number of piperidine rings is 2. The summed E-state index contributed by atoms with van der Waals surface area (Å²) < 4.78 is 0. The molecule has 25 heavy (non-hydrogen) atoms. The lowest BCUT2D eigenvalue weighted by atomic mass is 9.72. The predicted octanol–water partition coefficient (Wildman–Crippen LogP) is 3.14. The molecule has 1 amide bonds. The molecule has 0 saturated carbocycles. The second kappa shape index (κ2) is 6.96. The number of H-pyrrole nitrogens is 1. The van der Waals surface area contributed by atoms with Crippen LogP contribution in [-0.2, 0) is 11.2 Å². The number of fused-ring (bicyclic) bond motifs is 1. The fourth-order valence-corrected chi connectivity index (χ4v) is 4.43. The molecule has 4 rings (SSSR count). The van der Waals surface area contributed by atoms with Crippen molar-refractivity contribution in [1.29, 1.82) is 0 Å². The number of imidazole rings is 1. The summed E-state index contributed by atoms with van der Waals surface area (Å²) in [5, 5.41) is 4.15. The normalized spacial score (nSPS) is 20.5. The Labute approximate surface area is 153 Å². The topological polar surface area (TPSA) is 61.0 Å².